The predicted molar refractivity (Wildman–Crippen MR) is 101 cm³/mol. The van der Waals surface area contributed by atoms with Gasteiger partial charge in [0, 0.05) is 55.9 Å². The maximum atomic E-state index is 12.6. The third-order valence-electron chi connectivity index (χ3n) is 5.25. The molecule has 1 aromatic carbocycles. The van der Waals surface area contributed by atoms with E-state index in [4.69, 9.17) is 4.74 Å². The molecule has 0 spiro atoms. The van der Waals surface area contributed by atoms with E-state index in [2.05, 4.69) is 26.5 Å². The van der Waals surface area contributed by atoms with Crippen LogP contribution in [0.1, 0.15) is 21.7 Å². The number of Topliss-reactive ketones (excluding diaryl/α,β-unsaturated/α-hetero) is 1. The molecule has 0 unspecified atom stereocenters. The van der Waals surface area contributed by atoms with Crippen molar-refractivity contribution in [2.24, 2.45) is 7.05 Å². The number of aryl methyl sites for hydroxylation is 1. The molecular formula is C20H27N3O2. The summed E-state index contributed by atoms with van der Waals surface area (Å²) in [4.78, 5) is 17.3. The van der Waals surface area contributed by atoms with Crippen LogP contribution in [0, 0.1) is 13.8 Å². The van der Waals surface area contributed by atoms with Crippen molar-refractivity contribution in [3.63, 3.8) is 0 Å². The van der Waals surface area contributed by atoms with Crippen LogP contribution in [0.5, 0.6) is 5.75 Å². The van der Waals surface area contributed by atoms with Crippen LogP contribution in [0.15, 0.2) is 30.3 Å². The minimum absolute atomic E-state index is 0.221. The van der Waals surface area contributed by atoms with Gasteiger partial charge in [0.15, 0.2) is 5.78 Å². The van der Waals surface area contributed by atoms with Crippen LogP contribution in [0.4, 0.5) is 5.69 Å². The van der Waals surface area contributed by atoms with E-state index >= 15 is 0 Å². The third kappa shape index (κ3) is 3.71. The van der Waals surface area contributed by atoms with Gasteiger partial charge in [0.25, 0.3) is 0 Å². The number of ketones is 1. The van der Waals surface area contributed by atoms with Gasteiger partial charge in [-0.05, 0) is 44.2 Å². The van der Waals surface area contributed by atoms with E-state index < -0.39 is 0 Å². The fourth-order valence-electron chi connectivity index (χ4n) is 3.38. The topological polar surface area (TPSA) is 37.7 Å². The van der Waals surface area contributed by atoms with Crippen LogP contribution < -0.4 is 9.64 Å². The number of nitrogens with zero attached hydrogens (tertiary/aromatic N) is 3. The summed E-state index contributed by atoms with van der Waals surface area (Å²) in [5, 5.41) is 0. The maximum absolute atomic E-state index is 12.6. The first-order chi connectivity index (χ1) is 12.0. The zero-order valence-corrected chi connectivity index (χ0v) is 15.6. The van der Waals surface area contributed by atoms with Crippen LogP contribution in [-0.4, -0.2) is 55.1 Å². The van der Waals surface area contributed by atoms with Gasteiger partial charge in [-0.3, -0.25) is 9.69 Å². The molecule has 0 atom stereocenters. The molecule has 1 aromatic heterocycles. The van der Waals surface area contributed by atoms with E-state index in [0.29, 0.717) is 6.54 Å². The molecule has 0 bridgehead atoms. The molecule has 0 N–H and O–H groups in total. The predicted octanol–water partition coefficient (Wildman–Crippen LogP) is 2.66. The minimum atomic E-state index is 0.221. The van der Waals surface area contributed by atoms with Crippen molar-refractivity contribution in [2.45, 2.75) is 13.8 Å². The van der Waals surface area contributed by atoms with Gasteiger partial charge < -0.3 is 14.2 Å². The highest BCUT2D eigenvalue weighted by Gasteiger charge is 2.21. The highest BCUT2D eigenvalue weighted by molar-refractivity contribution is 5.99. The minimum Gasteiger partial charge on any atom is -0.497 e. The lowest BCUT2D eigenvalue weighted by Crippen LogP contribution is -2.48. The highest BCUT2D eigenvalue weighted by Crippen LogP contribution is 2.21. The fraction of sp³-hybridized carbons (Fsp3) is 0.450. The molecular weight excluding hydrogens is 314 g/mol. The Morgan fingerprint density at radius 3 is 2.24 bits per heavy atom. The van der Waals surface area contributed by atoms with Crippen molar-refractivity contribution in [2.75, 3.05) is 44.7 Å². The molecule has 2 aromatic rings. The second kappa shape index (κ2) is 7.31. The molecule has 134 valence electrons. The summed E-state index contributed by atoms with van der Waals surface area (Å²) in [5.74, 6) is 1.10. The fourth-order valence-corrected chi connectivity index (χ4v) is 3.38. The second-order valence-corrected chi connectivity index (χ2v) is 6.73. The third-order valence-corrected chi connectivity index (χ3v) is 5.25. The standard InChI is InChI=1S/C20H27N3O2/c1-15-13-19(16(2)21(15)3)20(24)14-22-9-11-23(12-10-22)17-5-7-18(25-4)8-6-17/h5-8,13H,9-12,14H2,1-4H3. The highest BCUT2D eigenvalue weighted by atomic mass is 16.5. The average Bonchev–Trinajstić information content (AvgIpc) is 2.90. The summed E-state index contributed by atoms with van der Waals surface area (Å²) in [7, 11) is 3.69. The number of anilines is 1. The zero-order valence-electron chi connectivity index (χ0n) is 15.6. The van der Waals surface area contributed by atoms with Gasteiger partial charge in [-0.15, -0.1) is 0 Å². The van der Waals surface area contributed by atoms with Crippen molar-refractivity contribution in [1.29, 1.82) is 0 Å². The molecule has 0 aliphatic carbocycles. The van der Waals surface area contributed by atoms with Crippen molar-refractivity contribution >= 4 is 11.5 Å². The van der Waals surface area contributed by atoms with E-state index in [0.717, 1.165) is 48.9 Å². The lowest BCUT2D eigenvalue weighted by molar-refractivity contribution is 0.0925. The first-order valence-electron chi connectivity index (χ1n) is 8.77. The number of piperazine rings is 1. The number of carbonyl (C=O) groups is 1. The van der Waals surface area contributed by atoms with Crippen LogP contribution in [0.3, 0.4) is 0 Å². The van der Waals surface area contributed by atoms with E-state index in [-0.39, 0.29) is 5.78 Å². The van der Waals surface area contributed by atoms with Crippen molar-refractivity contribution in [3.05, 3.63) is 47.3 Å². The molecule has 1 aliphatic rings. The first-order valence-corrected chi connectivity index (χ1v) is 8.77. The van der Waals surface area contributed by atoms with Gasteiger partial charge in [-0.25, -0.2) is 0 Å². The Kier molecular flexibility index (Phi) is 5.13. The van der Waals surface area contributed by atoms with E-state index in [9.17, 15) is 4.79 Å². The van der Waals surface area contributed by atoms with Crippen molar-refractivity contribution in [3.8, 4) is 5.75 Å². The average molecular weight is 341 g/mol. The van der Waals surface area contributed by atoms with E-state index in [1.807, 2.05) is 39.1 Å². The monoisotopic (exact) mass is 341 g/mol. The lowest BCUT2D eigenvalue weighted by Gasteiger charge is -2.35. The van der Waals surface area contributed by atoms with Gasteiger partial charge in [-0.2, -0.15) is 0 Å². The summed E-state index contributed by atoms with van der Waals surface area (Å²) in [6.07, 6.45) is 0. The number of aromatic nitrogens is 1. The Morgan fingerprint density at radius 2 is 1.72 bits per heavy atom. The molecule has 1 saturated heterocycles. The molecule has 2 heterocycles. The number of rotatable bonds is 5. The number of ether oxygens (including phenoxy) is 1. The molecule has 5 nitrogen and oxygen atoms in total. The van der Waals surface area contributed by atoms with Gasteiger partial charge in [0.2, 0.25) is 0 Å². The number of hydrogen-bond donors (Lipinski definition) is 0. The molecule has 3 rings (SSSR count). The lowest BCUT2D eigenvalue weighted by atomic mass is 10.1. The molecule has 25 heavy (non-hydrogen) atoms. The smallest absolute Gasteiger partial charge is 0.178 e. The number of benzene rings is 1. The Balaban J connectivity index is 1.56. The summed E-state index contributed by atoms with van der Waals surface area (Å²) in [5.41, 5.74) is 4.25. The molecule has 1 aliphatic heterocycles. The summed E-state index contributed by atoms with van der Waals surface area (Å²) < 4.78 is 7.29. The molecule has 0 saturated carbocycles. The van der Waals surface area contributed by atoms with Gasteiger partial charge in [0.05, 0.1) is 13.7 Å². The molecule has 5 heteroatoms. The Morgan fingerprint density at radius 1 is 1.08 bits per heavy atom. The first kappa shape index (κ1) is 17.5. The molecule has 0 amide bonds. The summed E-state index contributed by atoms with van der Waals surface area (Å²) in [6, 6.07) is 10.2. The van der Waals surface area contributed by atoms with Crippen molar-refractivity contribution in [1.82, 2.24) is 9.47 Å². The Labute approximate surface area is 149 Å². The van der Waals surface area contributed by atoms with Crippen LogP contribution >= 0.6 is 0 Å². The van der Waals surface area contributed by atoms with Crippen LogP contribution in [0.25, 0.3) is 0 Å². The van der Waals surface area contributed by atoms with Gasteiger partial charge in [-0.1, -0.05) is 0 Å². The van der Waals surface area contributed by atoms with E-state index in [1.165, 1.54) is 5.69 Å². The zero-order chi connectivity index (χ0) is 18.0. The molecule has 0 radical (unpaired) electrons. The van der Waals surface area contributed by atoms with Gasteiger partial charge in [0.1, 0.15) is 5.75 Å². The largest absolute Gasteiger partial charge is 0.497 e. The van der Waals surface area contributed by atoms with Crippen molar-refractivity contribution < 1.29 is 9.53 Å². The Hall–Kier alpha value is -2.27. The summed E-state index contributed by atoms with van der Waals surface area (Å²) >= 11 is 0. The number of methoxy groups -OCH3 is 1. The quantitative estimate of drug-likeness (QED) is 0.784. The number of hydrogen-bond acceptors (Lipinski definition) is 4. The van der Waals surface area contributed by atoms with Gasteiger partial charge >= 0.3 is 0 Å². The Bertz CT molecular complexity index is 741. The SMILES string of the molecule is COc1ccc(N2CCN(CC(=O)c3cc(C)n(C)c3C)CC2)cc1. The number of carbonyl (C=O) groups excluding carboxylic acids is 1. The second-order valence-electron chi connectivity index (χ2n) is 6.73. The normalized spacial score (nSPS) is 15.4. The van der Waals surface area contributed by atoms with Crippen LogP contribution in [-0.2, 0) is 7.05 Å². The van der Waals surface area contributed by atoms with Crippen LogP contribution in [0.2, 0.25) is 0 Å². The maximum Gasteiger partial charge on any atom is 0.178 e. The summed E-state index contributed by atoms with van der Waals surface area (Å²) in [6.45, 7) is 8.24. The van der Waals surface area contributed by atoms with E-state index in [1.54, 1.807) is 7.11 Å². The molecule has 1 fully saturated rings.